The van der Waals surface area contributed by atoms with Crippen LogP contribution in [0.1, 0.15) is 45.1 Å². The van der Waals surface area contributed by atoms with Crippen molar-refractivity contribution in [2.75, 3.05) is 5.32 Å². The van der Waals surface area contributed by atoms with Crippen molar-refractivity contribution in [2.45, 2.75) is 52.0 Å². The van der Waals surface area contributed by atoms with Crippen LogP contribution in [0.4, 0.5) is 5.69 Å². The van der Waals surface area contributed by atoms with Gasteiger partial charge in [-0.25, -0.2) is 0 Å². The van der Waals surface area contributed by atoms with Crippen LogP contribution in [0.25, 0.3) is 0 Å². The number of nitrogens with zero attached hydrogens (tertiary/aromatic N) is 1. The van der Waals surface area contributed by atoms with E-state index in [2.05, 4.69) is 44.3 Å². The van der Waals surface area contributed by atoms with Gasteiger partial charge in [-0.2, -0.15) is 5.26 Å². The Hall–Kier alpha value is -1.49. The maximum absolute atomic E-state index is 9.55. The molecule has 1 N–H and O–H groups in total. The number of para-hydroxylation sites is 1. The Bertz CT molecular complexity index is 458. The van der Waals surface area contributed by atoms with E-state index in [4.69, 9.17) is 0 Å². The van der Waals surface area contributed by atoms with Gasteiger partial charge in [0.15, 0.2) is 0 Å². The summed E-state index contributed by atoms with van der Waals surface area (Å²) in [6.45, 7) is 6.67. The Balaban J connectivity index is 2.16. The maximum atomic E-state index is 9.55. The van der Waals surface area contributed by atoms with E-state index in [0.29, 0.717) is 5.41 Å². The van der Waals surface area contributed by atoms with Gasteiger partial charge < -0.3 is 5.32 Å². The second kappa shape index (κ2) is 4.65. The number of benzene rings is 1. The number of rotatable bonds is 2. The summed E-state index contributed by atoms with van der Waals surface area (Å²) in [5.74, 6) is 0. The lowest BCUT2D eigenvalue weighted by Gasteiger charge is -2.40. The second-order valence-electron chi connectivity index (χ2n) is 6.30. The summed E-state index contributed by atoms with van der Waals surface area (Å²) in [6, 6.07) is 10.7. The first-order valence-electron chi connectivity index (χ1n) is 6.72. The Morgan fingerprint density at radius 1 is 1.11 bits per heavy atom. The van der Waals surface area contributed by atoms with E-state index in [1.54, 1.807) is 0 Å². The summed E-state index contributed by atoms with van der Waals surface area (Å²) in [5, 5.41) is 13.0. The average Bonchev–Trinajstić information content (AvgIpc) is 2.35. The molecule has 0 unspecified atom stereocenters. The van der Waals surface area contributed by atoms with Crippen molar-refractivity contribution in [3.63, 3.8) is 0 Å². The number of nitrogens with one attached hydrogen (secondary N) is 1. The first-order valence-corrected chi connectivity index (χ1v) is 6.72. The van der Waals surface area contributed by atoms with Gasteiger partial charge in [-0.15, -0.1) is 0 Å². The van der Waals surface area contributed by atoms with Crippen molar-refractivity contribution in [1.29, 1.82) is 5.26 Å². The van der Waals surface area contributed by atoms with Crippen molar-refractivity contribution in [2.24, 2.45) is 5.41 Å². The van der Waals surface area contributed by atoms with Gasteiger partial charge in [-0.05, 0) is 49.7 Å². The zero-order valence-corrected chi connectivity index (χ0v) is 11.6. The Kier molecular flexibility index (Phi) is 3.34. The molecule has 2 heteroatoms. The third-order valence-electron chi connectivity index (χ3n) is 4.19. The molecular formula is C16H22N2. The molecule has 0 atom stereocenters. The second-order valence-corrected chi connectivity index (χ2v) is 6.30. The molecule has 0 aromatic heterocycles. The zero-order chi connectivity index (χ0) is 13.2. The fourth-order valence-electron chi connectivity index (χ4n) is 2.59. The van der Waals surface area contributed by atoms with Crippen molar-refractivity contribution >= 4 is 5.69 Å². The van der Waals surface area contributed by atoms with E-state index in [1.807, 2.05) is 12.1 Å². The van der Waals surface area contributed by atoms with Crippen LogP contribution in [0.2, 0.25) is 0 Å². The van der Waals surface area contributed by atoms with Crippen LogP contribution in [-0.2, 0) is 0 Å². The summed E-state index contributed by atoms with van der Waals surface area (Å²) in [5.41, 5.74) is 2.31. The minimum Gasteiger partial charge on any atom is -0.367 e. The van der Waals surface area contributed by atoms with Crippen LogP contribution >= 0.6 is 0 Å². The minimum atomic E-state index is -0.373. The van der Waals surface area contributed by atoms with Crippen LogP contribution in [0.3, 0.4) is 0 Å². The molecule has 2 nitrogen and oxygen atoms in total. The molecule has 0 aliphatic heterocycles. The molecule has 0 radical (unpaired) electrons. The van der Waals surface area contributed by atoms with E-state index in [9.17, 15) is 5.26 Å². The van der Waals surface area contributed by atoms with Gasteiger partial charge in [-0.1, -0.05) is 32.0 Å². The van der Waals surface area contributed by atoms with Crippen LogP contribution in [0.15, 0.2) is 24.3 Å². The Morgan fingerprint density at radius 2 is 1.72 bits per heavy atom. The van der Waals surface area contributed by atoms with Gasteiger partial charge in [0.1, 0.15) is 5.54 Å². The minimum absolute atomic E-state index is 0.373. The molecule has 1 aliphatic carbocycles. The predicted molar refractivity (Wildman–Crippen MR) is 75.4 cm³/mol. The third kappa shape index (κ3) is 2.67. The molecule has 1 saturated carbocycles. The van der Waals surface area contributed by atoms with Gasteiger partial charge in [0.05, 0.1) is 6.07 Å². The molecule has 96 valence electrons. The number of anilines is 1. The number of hydrogen-bond acceptors (Lipinski definition) is 2. The quantitative estimate of drug-likeness (QED) is 0.840. The van der Waals surface area contributed by atoms with Gasteiger partial charge >= 0.3 is 0 Å². The van der Waals surface area contributed by atoms with Crippen LogP contribution < -0.4 is 5.32 Å². The Morgan fingerprint density at radius 3 is 2.28 bits per heavy atom. The molecular weight excluding hydrogens is 220 g/mol. The van der Waals surface area contributed by atoms with E-state index in [0.717, 1.165) is 31.4 Å². The van der Waals surface area contributed by atoms with Gasteiger partial charge in [-0.3, -0.25) is 0 Å². The molecule has 1 aromatic carbocycles. The number of hydrogen-bond donors (Lipinski definition) is 1. The van der Waals surface area contributed by atoms with Crippen molar-refractivity contribution in [1.82, 2.24) is 0 Å². The molecule has 2 rings (SSSR count). The molecule has 0 heterocycles. The normalized spacial score (nSPS) is 21.0. The smallest absolute Gasteiger partial charge is 0.125 e. The van der Waals surface area contributed by atoms with E-state index in [1.165, 1.54) is 5.56 Å². The molecule has 18 heavy (non-hydrogen) atoms. The summed E-state index contributed by atoms with van der Waals surface area (Å²) in [4.78, 5) is 0. The summed E-state index contributed by atoms with van der Waals surface area (Å²) < 4.78 is 0. The molecule has 0 saturated heterocycles. The largest absolute Gasteiger partial charge is 0.367 e. The summed E-state index contributed by atoms with van der Waals surface area (Å²) in [6.07, 6.45) is 4.09. The summed E-state index contributed by atoms with van der Waals surface area (Å²) in [7, 11) is 0. The number of nitriles is 1. The molecule has 0 spiro atoms. The van der Waals surface area contributed by atoms with Gasteiger partial charge in [0.2, 0.25) is 0 Å². The zero-order valence-electron chi connectivity index (χ0n) is 11.6. The van der Waals surface area contributed by atoms with Gasteiger partial charge in [0, 0.05) is 5.69 Å². The summed E-state index contributed by atoms with van der Waals surface area (Å²) >= 11 is 0. The average molecular weight is 242 g/mol. The molecule has 0 amide bonds. The fraction of sp³-hybridized carbons (Fsp3) is 0.562. The van der Waals surface area contributed by atoms with Crippen molar-refractivity contribution < 1.29 is 0 Å². The molecule has 1 fully saturated rings. The van der Waals surface area contributed by atoms with Gasteiger partial charge in [0.25, 0.3) is 0 Å². The van der Waals surface area contributed by atoms with Crippen molar-refractivity contribution in [3.8, 4) is 6.07 Å². The highest BCUT2D eigenvalue weighted by molar-refractivity contribution is 5.53. The molecule has 0 bridgehead atoms. The van der Waals surface area contributed by atoms with Crippen molar-refractivity contribution in [3.05, 3.63) is 29.8 Å². The molecule has 1 aromatic rings. The molecule has 1 aliphatic rings. The highest BCUT2D eigenvalue weighted by atomic mass is 15.0. The monoisotopic (exact) mass is 242 g/mol. The maximum Gasteiger partial charge on any atom is 0.125 e. The Labute approximate surface area is 110 Å². The SMILES string of the molecule is Cc1ccccc1NC1(C#N)CCC(C)(C)CC1. The fourth-order valence-corrected chi connectivity index (χ4v) is 2.59. The highest BCUT2D eigenvalue weighted by Crippen LogP contribution is 2.41. The lowest BCUT2D eigenvalue weighted by atomic mass is 9.70. The predicted octanol–water partition coefficient (Wildman–Crippen LogP) is 4.27. The third-order valence-corrected chi connectivity index (χ3v) is 4.19. The lowest BCUT2D eigenvalue weighted by Crippen LogP contribution is -2.42. The lowest BCUT2D eigenvalue weighted by molar-refractivity contribution is 0.206. The van der Waals surface area contributed by atoms with Crippen LogP contribution in [0, 0.1) is 23.7 Å². The van der Waals surface area contributed by atoms with E-state index in [-0.39, 0.29) is 5.54 Å². The topological polar surface area (TPSA) is 35.8 Å². The van der Waals surface area contributed by atoms with E-state index >= 15 is 0 Å². The highest BCUT2D eigenvalue weighted by Gasteiger charge is 2.38. The standard InChI is InChI=1S/C16H22N2/c1-13-6-4-5-7-14(13)18-16(12-17)10-8-15(2,3)9-11-16/h4-7,18H,8-11H2,1-3H3. The van der Waals surface area contributed by atoms with Crippen LogP contribution in [0.5, 0.6) is 0 Å². The number of aryl methyl sites for hydroxylation is 1. The first-order chi connectivity index (χ1) is 8.46. The van der Waals surface area contributed by atoms with Crippen LogP contribution in [-0.4, -0.2) is 5.54 Å². The first kappa shape index (κ1) is 13.0. The van der Waals surface area contributed by atoms with E-state index < -0.39 is 0 Å².